The van der Waals surface area contributed by atoms with Crippen molar-refractivity contribution >= 4 is 5.78 Å². The largest absolute Gasteiger partial charge is 0.299 e. The molecule has 0 amide bonds. The summed E-state index contributed by atoms with van der Waals surface area (Å²) in [6.07, 6.45) is 7.50. The molecule has 0 saturated heterocycles. The Morgan fingerprint density at radius 3 is 2.56 bits per heavy atom. The van der Waals surface area contributed by atoms with Crippen LogP contribution in [0.25, 0.3) is 0 Å². The van der Waals surface area contributed by atoms with Crippen LogP contribution in [0, 0.1) is 28.6 Å². The third-order valence-corrected chi connectivity index (χ3v) is 5.72. The van der Waals surface area contributed by atoms with Crippen LogP contribution in [0.1, 0.15) is 59.3 Å². The molecule has 3 aliphatic rings. The third kappa shape index (κ3) is 1.15. The van der Waals surface area contributed by atoms with Crippen molar-refractivity contribution in [1.82, 2.24) is 0 Å². The smallest absolute Gasteiger partial charge is 0.136 e. The number of ketones is 1. The standard InChI is InChI=1S/C15H24O/c1-14(2,3)12-10-6-4-8-15(10)9-5-7-11(16)13(12)15/h10,12-13H,4-9H2,1-3H3/t10-,12-,13-,15+/m1/s1. The van der Waals surface area contributed by atoms with Crippen LogP contribution in [0.5, 0.6) is 0 Å². The summed E-state index contributed by atoms with van der Waals surface area (Å²) in [7, 11) is 0. The summed E-state index contributed by atoms with van der Waals surface area (Å²) in [4.78, 5) is 12.3. The highest BCUT2D eigenvalue weighted by molar-refractivity contribution is 5.84. The van der Waals surface area contributed by atoms with E-state index in [2.05, 4.69) is 20.8 Å². The van der Waals surface area contributed by atoms with Crippen LogP contribution in [0.2, 0.25) is 0 Å². The first kappa shape index (κ1) is 10.8. The molecule has 16 heavy (non-hydrogen) atoms. The van der Waals surface area contributed by atoms with Gasteiger partial charge in [-0.15, -0.1) is 0 Å². The molecular formula is C15H24O. The predicted molar refractivity (Wildman–Crippen MR) is 65.1 cm³/mol. The molecule has 0 unspecified atom stereocenters. The van der Waals surface area contributed by atoms with Gasteiger partial charge in [0.25, 0.3) is 0 Å². The van der Waals surface area contributed by atoms with Crippen molar-refractivity contribution in [1.29, 1.82) is 0 Å². The predicted octanol–water partition coefficient (Wildman–Crippen LogP) is 3.82. The van der Waals surface area contributed by atoms with Crippen LogP contribution in [-0.4, -0.2) is 5.78 Å². The van der Waals surface area contributed by atoms with E-state index in [9.17, 15) is 4.79 Å². The number of carbonyl (C=O) groups excluding carboxylic acids is 1. The normalized spacial score (nSPS) is 47.2. The molecule has 90 valence electrons. The maximum absolute atomic E-state index is 12.3. The fraction of sp³-hybridized carbons (Fsp3) is 0.933. The highest BCUT2D eigenvalue weighted by Crippen LogP contribution is 2.72. The number of carbonyl (C=O) groups is 1. The minimum atomic E-state index is 0.330. The van der Waals surface area contributed by atoms with Gasteiger partial charge in [0.1, 0.15) is 5.78 Å². The molecule has 0 aromatic rings. The summed E-state index contributed by atoms with van der Waals surface area (Å²) in [5.41, 5.74) is 0.809. The van der Waals surface area contributed by atoms with Crippen molar-refractivity contribution in [3.63, 3.8) is 0 Å². The fourth-order valence-electron chi connectivity index (χ4n) is 5.36. The van der Waals surface area contributed by atoms with Crippen molar-refractivity contribution < 1.29 is 4.79 Å². The van der Waals surface area contributed by atoms with Crippen molar-refractivity contribution in [3.05, 3.63) is 0 Å². The lowest BCUT2D eigenvalue weighted by atomic mass is 9.39. The first-order valence-electron chi connectivity index (χ1n) is 6.99. The summed E-state index contributed by atoms with van der Waals surface area (Å²) < 4.78 is 0. The van der Waals surface area contributed by atoms with Crippen LogP contribution < -0.4 is 0 Å². The van der Waals surface area contributed by atoms with E-state index in [1.54, 1.807) is 0 Å². The second-order valence-electron chi connectivity index (χ2n) is 7.42. The summed E-state index contributed by atoms with van der Waals surface area (Å²) in [5.74, 6) is 2.60. The van der Waals surface area contributed by atoms with Crippen LogP contribution >= 0.6 is 0 Å². The minimum Gasteiger partial charge on any atom is -0.299 e. The number of hydrogen-bond donors (Lipinski definition) is 0. The van der Waals surface area contributed by atoms with Crippen LogP contribution in [0.4, 0.5) is 0 Å². The quantitative estimate of drug-likeness (QED) is 0.606. The molecule has 0 N–H and O–H groups in total. The molecule has 3 rings (SSSR count). The van der Waals surface area contributed by atoms with E-state index in [1.165, 1.54) is 32.1 Å². The van der Waals surface area contributed by atoms with Gasteiger partial charge in [-0.05, 0) is 48.3 Å². The first-order chi connectivity index (χ1) is 7.47. The SMILES string of the molecule is CC(C)(C)[C@@H]1[C@H]2CCC[C@]23CCCC(=O)[C@H]13. The number of Topliss-reactive ketones (excluding diaryl/α,β-unsaturated/α-hetero) is 1. The van der Waals surface area contributed by atoms with E-state index in [0.29, 0.717) is 28.4 Å². The topological polar surface area (TPSA) is 17.1 Å². The fourth-order valence-corrected chi connectivity index (χ4v) is 5.36. The Labute approximate surface area is 99.0 Å². The number of rotatable bonds is 0. The highest BCUT2D eigenvalue weighted by Gasteiger charge is 2.68. The third-order valence-electron chi connectivity index (χ3n) is 5.72. The van der Waals surface area contributed by atoms with Gasteiger partial charge in [-0.3, -0.25) is 4.79 Å². The van der Waals surface area contributed by atoms with E-state index in [4.69, 9.17) is 0 Å². The average molecular weight is 220 g/mol. The Bertz CT molecular complexity index is 325. The van der Waals surface area contributed by atoms with Crippen molar-refractivity contribution in [2.75, 3.05) is 0 Å². The highest BCUT2D eigenvalue weighted by atomic mass is 16.1. The van der Waals surface area contributed by atoms with Crippen LogP contribution in [0.15, 0.2) is 0 Å². The lowest BCUT2D eigenvalue weighted by Gasteiger charge is -2.64. The van der Waals surface area contributed by atoms with Gasteiger partial charge >= 0.3 is 0 Å². The monoisotopic (exact) mass is 220 g/mol. The van der Waals surface area contributed by atoms with Crippen molar-refractivity contribution in [3.8, 4) is 0 Å². The minimum absolute atomic E-state index is 0.330. The molecule has 0 bridgehead atoms. The summed E-state index contributed by atoms with van der Waals surface area (Å²) in [6, 6.07) is 0. The Morgan fingerprint density at radius 1 is 1.19 bits per heavy atom. The molecule has 4 atom stereocenters. The molecule has 3 fully saturated rings. The van der Waals surface area contributed by atoms with Crippen LogP contribution in [-0.2, 0) is 4.79 Å². The molecule has 0 heterocycles. The maximum Gasteiger partial charge on any atom is 0.136 e. The molecule has 0 radical (unpaired) electrons. The molecule has 1 spiro atoms. The van der Waals surface area contributed by atoms with E-state index in [-0.39, 0.29) is 0 Å². The van der Waals surface area contributed by atoms with E-state index in [1.807, 2.05) is 0 Å². The summed E-state index contributed by atoms with van der Waals surface area (Å²) in [5, 5.41) is 0. The van der Waals surface area contributed by atoms with E-state index in [0.717, 1.165) is 12.3 Å². The van der Waals surface area contributed by atoms with Gasteiger partial charge in [0.15, 0.2) is 0 Å². The summed E-state index contributed by atoms with van der Waals surface area (Å²) >= 11 is 0. The van der Waals surface area contributed by atoms with Crippen LogP contribution in [0.3, 0.4) is 0 Å². The molecule has 0 aromatic carbocycles. The zero-order valence-electron chi connectivity index (χ0n) is 10.9. The maximum atomic E-state index is 12.3. The lowest BCUT2D eigenvalue weighted by Crippen LogP contribution is -2.62. The Hall–Kier alpha value is -0.330. The van der Waals surface area contributed by atoms with E-state index >= 15 is 0 Å². The van der Waals surface area contributed by atoms with Crippen molar-refractivity contribution in [2.45, 2.75) is 59.3 Å². The average Bonchev–Trinajstić information content (AvgIpc) is 2.45. The molecule has 3 saturated carbocycles. The molecule has 3 aliphatic carbocycles. The zero-order chi connectivity index (χ0) is 11.6. The molecule has 1 nitrogen and oxygen atoms in total. The van der Waals surface area contributed by atoms with Gasteiger partial charge < -0.3 is 0 Å². The zero-order valence-corrected chi connectivity index (χ0v) is 10.9. The van der Waals surface area contributed by atoms with Gasteiger partial charge in [-0.25, -0.2) is 0 Å². The molecular weight excluding hydrogens is 196 g/mol. The number of hydrogen-bond acceptors (Lipinski definition) is 1. The van der Waals surface area contributed by atoms with Gasteiger partial charge in [-0.2, -0.15) is 0 Å². The van der Waals surface area contributed by atoms with Gasteiger partial charge in [0.05, 0.1) is 0 Å². The second kappa shape index (κ2) is 3.11. The Morgan fingerprint density at radius 2 is 1.88 bits per heavy atom. The molecule has 0 aliphatic heterocycles. The van der Waals surface area contributed by atoms with Crippen molar-refractivity contribution in [2.24, 2.45) is 28.6 Å². The lowest BCUT2D eigenvalue weighted by molar-refractivity contribution is -0.182. The Balaban J connectivity index is 1.96. The molecule has 1 heteroatoms. The van der Waals surface area contributed by atoms with Gasteiger partial charge in [0.2, 0.25) is 0 Å². The Kier molecular flexibility index (Phi) is 2.10. The summed E-state index contributed by atoms with van der Waals surface area (Å²) in [6.45, 7) is 7.01. The van der Waals surface area contributed by atoms with Gasteiger partial charge in [-0.1, -0.05) is 27.2 Å². The molecule has 0 aromatic heterocycles. The van der Waals surface area contributed by atoms with Gasteiger partial charge in [0, 0.05) is 12.3 Å². The first-order valence-corrected chi connectivity index (χ1v) is 6.99. The van der Waals surface area contributed by atoms with E-state index < -0.39 is 0 Å². The second-order valence-corrected chi connectivity index (χ2v) is 7.42.